The van der Waals surface area contributed by atoms with Gasteiger partial charge in [-0.2, -0.15) is 0 Å². The molecule has 0 spiro atoms. The van der Waals surface area contributed by atoms with E-state index in [1.807, 2.05) is 4.90 Å². The molecule has 0 aromatic carbocycles. The summed E-state index contributed by atoms with van der Waals surface area (Å²) < 4.78 is 0. The van der Waals surface area contributed by atoms with Crippen LogP contribution in [0.2, 0.25) is 0 Å². The third kappa shape index (κ3) is 3.35. The molecule has 2 aliphatic rings. The second-order valence-corrected chi connectivity index (χ2v) is 6.77. The van der Waals surface area contributed by atoms with Crippen LogP contribution in [0.3, 0.4) is 0 Å². The summed E-state index contributed by atoms with van der Waals surface area (Å²) in [5.41, 5.74) is 0. The van der Waals surface area contributed by atoms with Crippen LogP contribution in [0.5, 0.6) is 0 Å². The van der Waals surface area contributed by atoms with Gasteiger partial charge in [0.05, 0.1) is 16.3 Å². The van der Waals surface area contributed by atoms with Gasteiger partial charge in [0.15, 0.2) is 0 Å². The lowest BCUT2D eigenvalue weighted by Gasteiger charge is -2.41. The van der Waals surface area contributed by atoms with Crippen molar-refractivity contribution in [3.63, 3.8) is 0 Å². The first-order valence-corrected chi connectivity index (χ1v) is 8.41. The Balaban J connectivity index is 1.68. The minimum Gasteiger partial charge on any atom is -0.336 e. The molecule has 0 radical (unpaired) electrons. The lowest BCUT2D eigenvalue weighted by molar-refractivity contribution is -0.380. The lowest BCUT2D eigenvalue weighted by atomic mass is 10.0. The molecule has 9 heteroatoms. The van der Waals surface area contributed by atoms with Gasteiger partial charge in [-0.3, -0.25) is 19.7 Å². The molecule has 1 aromatic rings. The SMILES string of the molecule is O=C(c1ccc([N+](=O)[O-])s1)N1CCCC(N2CCNCC2=O)C1. The fraction of sp³-hybridized carbons (Fsp3) is 0.571. The van der Waals surface area contributed by atoms with Crippen molar-refractivity contribution in [3.8, 4) is 0 Å². The van der Waals surface area contributed by atoms with Crippen LogP contribution < -0.4 is 5.32 Å². The Kier molecular flexibility index (Phi) is 4.58. The minimum absolute atomic E-state index is 0.0285. The Bertz CT molecular complexity index is 632. The van der Waals surface area contributed by atoms with Gasteiger partial charge in [0.1, 0.15) is 0 Å². The Morgan fingerprint density at radius 1 is 1.39 bits per heavy atom. The molecule has 1 atom stereocenters. The third-order valence-electron chi connectivity index (χ3n) is 4.23. The number of nitro groups is 1. The van der Waals surface area contributed by atoms with Gasteiger partial charge in [0.2, 0.25) is 5.91 Å². The first kappa shape index (κ1) is 15.9. The van der Waals surface area contributed by atoms with E-state index in [-0.39, 0.29) is 22.9 Å². The summed E-state index contributed by atoms with van der Waals surface area (Å²) in [6, 6.07) is 2.90. The third-order valence-corrected chi connectivity index (χ3v) is 5.26. The van der Waals surface area contributed by atoms with Gasteiger partial charge in [-0.25, -0.2) is 0 Å². The number of nitrogens with zero attached hydrogens (tertiary/aromatic N) is 3. The monoisotopic (exact) mass is 338 g/mol. The molecule has 3 heterocycles. The number of piperidine rings is 1. The molecule has 23 heavy (non-hydrogen) atoms. The summed E-state index contributed by atoms with van der Waals surface area (Å²) in [4.78, 5) is 38.8. The largest absolute Gasteiger partial charge is 0.336 e. The standard InChI is InChI=1S/C14H18N4O4S/c19-12-8-15-5-7-17(12)10-2-1-6-16(9-10)14(20)11-3-4-13(23-11)18(21)22/h3-4,10,15H,1-2,5-9H2. The summed E-state index contributed by atoms with van der Waals surface area (Å²) in [5, 5.41) is 13.8. The highest BCUT2D eigenvalue weighted by atomic mass is 32.1. The predicted molar refractivity (Wildman–Crippen MR) is 84.5 cm³/mol. The number of carbonyl (C=O) groups is 2. The molecular formula is C14H18N4O4S. The fourth-order valence-electron chi connectivity index (χ4n) is 3.10. The normalized spacial score (nSPS) is 22.3. The number of hydrogen-bond acceptors (Lipinski definition) is 6. The molecule has 3 rings (SSSR count). The van der Waals surface area contributed by atoms with Crippen molar-refractivity contribution in [2.75, 3.05) is 32.7 Å². The van der Waals surface area contributed by atoms with Gasteiger partial charge in [0, 0.05) is 38.3 Å². The molecule has 8 nitrogen and oxygen atoms in total. The Morgan fingerprint density at radius 2 is 2.22 bits per heavy atom. The van der Waals surface area contributed by atoms with E-state index in [0.29, 0.717) is 31.1 Å². The molecule has 1 unspecified atom stereocenters. The van der Waals surface area contributed by atoms with Gasteiger partial charge in [-0.05, 0) is 18.9 Å². The first-order chi connectivity index (χ1) is 11.1. The van der Waals surface area contributed by atoms with Crippen molar-refractivity contribution in [1.29, 1.82) is 0 Å². The quantitative estimate of drug-likeness (QED) is 0.646. The zero-order valence-electron chi connectivity index (χ0n) is 12.6. The van der Waals surface area contributed by atoms with Crippen LogP contribution in [0.4, 0.5) is 5.00 Å². The topological polar surface area (TPSA) is 95.8 Å². The summed E-state index contributed by atoms with van der Waals surface area (Å²) >= 11 is 0.899. The van der Waals surface area contributed by atoms with Crippen molar-refractivity contribution in [1.82, 2.24) is 15.1 Å². The van der Waals surface area contributed by atoms with E-state index in [0.717, 1.165) is 30.7 Å². The van der Waals surface area contributed by atoms with E-state index < -0.39 is 4.92 Å². The van der Waals surface area contributed by atoms with Gasteiger partial charge in [0.25, 0.3) is 5.91 Å². The molecule has 0 aliphatic carbocycles. The molecule has 2 aliphatic heterocycles. The van der Waals surface area contributed by atoms with Crippen LogP contribution in [-0.2, 0) is 4.79 Å². The second-order valence-electron chi connectivity index (χ2n) is 5.71. The van der Waals surface area contributed by atoms with E-state index >= 15 is 0 Å². The van der Waals surface area contributed by atoms with Gasteiger partial charge in [-0.1, -0.05) is 11.3 Å². The zero-order chi connectivity index (χ0) is 16.4. The number of likely N-dealkylation sites (tertiary alicyclic amines) is 1. The van der Waals surface area contributed by atoms with Crippen LogP contribution in [0, 0.1) is 10.1 Å². The summed E-state index contributed by atoms with van der Waals surface area (Å²) in [7, 11) is 0. The maximum Gasteiger partial charge on any atom is 0.324 e. The van der Waals surface area contributed by atoms with E-state index in [4.69, 9.17) is 0 Å². The molecule has 124 valence electrons. The molecule has 2 fully saturated rings. The molecule has 0 saturated carbocycles. The number of rotatable bonds is 3. The summed E-state index contributed by atoms with van der Waals surface area (Å²) in [6.45, 7) is 2.91. The number of carbonyl (C=O) groups excluding carboxylic acids is 2. The zero-order valence-corrected chi connectivity index (χ0v) is 13.4. The smallest absolute Gasteiger partial charge is 0.324 e. The predicted octanol–water partition coefficient (Wildman–Crippen LogP) is 0.693. The first-order valence-electron chi connectivity index (χ1n) is 7.60. The fourth-order valence-corrected chi connectivity index (χ4v) is 3.89. The van der Waals surface area contributed by atoms with E-state index in [2.05, 4.69) is 5.32 Å². The maximum absolute atomic E-state index is 12.5. The van der Waals surface area contributed by atoms with Crippen molar-refractivity contribution >= 4 is 28.2 Å². The van der Waals surface area contributed by atoms with Crippen molar-refractivity contribution in [2.45, 2.75) is 18.9 Å². The number of thiophene rings is 1. The highest BCUT2D eigenvalue weighted by Crippen LogP contribution is 2.26. The number of hydrogen-bond donors (Lipinski definition) is 1. The van der Waals surface area contributed by atoms with Crippen LogP contribution in [0.1, 0.15) is 22.5 Å². The molecule has 1 N–H and O–H groups in total. The highest BCUT2D eigenvalue weighted by Gasteiger charge is 2.32. The van der Waals surface area contributed by atoms with Crippen molar-refractivity contribution in [3.05, 3.63) is 27.1 Å². The average molecular weight is 338 g/mol. The number of amides is 2. The summed E-state index contributed by atoms with van der Waals surface area (Å²) in [5.74, 6) is -0.113. The molecule has 2 saturated heterocycles. The summed E-state index contributed by atoms with van der Waals surface area (Å²) in [6.07, 6.45) is 1.72. The van der Waals surface area contributed by atoms with Crippen LogP contribution >= 0.6 is 11.3 Å². The van der Waals surface area contributed by atoms with E-state index in [1.165, 1.54) is 12.1 Å². The van der Waals surface area contributed by atoms with E-state index in [9.17, 15) is 19.7 Å². The lowest BCUT2D eigenvalue weighted by Crippen LogP contribution is -2.57. The number of nitrogens with one attached hydrogen (secondary N) is 1. The highest BCUT2D eigenvalue weighted by molar-refractivity contribution is 7.17. The maximum atomic E-state index is 12.5. The van der Waals surface area contributed by atoms with Crippen molar-refractivity contribution in [2.24, 2.45) is 0 Å². The van der Waals surface area contributed by atoms with Crippen LogP contribution in [0.15, 0.2) is 12.1 Å². The molecular weight excluding hydrogens is 320 g/mol. The van der Waals surface area contributed by atoms with Gasteiger partial charge < -0.3 is 15.1 Å². The van der Waals surface area contributed by atoms with Gasteiger partial charge >= 0.3 is 5.00 Å². The molecule has 0 bridgehead atoms. The molecule has 1 aromatic heterocycles. The average Bonchev–Trinajstić information content (AvgIpc) is 3.05. The minimum atomic E-state index is -0.486. The Morgan fingerprint density at radius 3 is 2.91 bits per heavy atom. The van der Waals surface area contributed by atoms with Crippen LogP contribution in [0.25, 0.3) is 0 Å². The Hall–Kier alpha value is -2.00. The van der Waals surface area contributed by atoms with E-state index in [1.54, 1.807) is 4.90 Å². The van der Waals surface area contributed by atoms with Crippen LogP contribution in [-0.4, -0.2) is 65.3 Å². The number of piperazine rings is 1. The second kappa shape index (κ2) is 6.63. The van der Waals surface area contributed by atoms with Gasteiger partial charge in [-0.15, -0.1) is 0 Å². The Labute approximate surface area is 137 Å². The molecule has 2 amide bonds. The van der Waals surface area contributed by atoms with Crippen molar-refractivity contribution < 1.29 is 14.5 Å².